The summed E-state index contributed by atoms with van der Waals surface area (Å²) in [6.45, 7) is 3.87. The van der Waals surface area contributed by atoms with Gasteiger partial charge in [0, 0.05) is 0 Å². The third-order valence-corrected chi connectivity index (χ3v) is 1.87. The number of isocyanates is 1. The van der Waals surface area contributed by atoms with Gasteiger partial charge in [0.2, 0.25) is 6.08 Å². The van der Waals surface area contributed by atoms with Crippen molar-refractivity contribution in [1.82, 2.24) is 0 Å². The lowest BCUT2D eigenvalue weighted by Crippen LogP contribution is -2.05. The van der Waals surface area contributed by atoms with E-state index in [-0.39, 0.29) is 6.10 Å². The number of nitrogens with zero attached hydrogens (tertiary/aromatic N) is 2. The van der Waals surface area contributed by atoms with Crippen molar-refractivity contribution < 1.29 is 9.53 Å². The normalized spacial score (nSPS) is 11.4. The van der Waals surface area contributed by atoms with E-state index in [1.165, 1.54) is 6.08 Å². The first-order valence-electron chi connectivity index (χ1n) is 4.90. The number of hydrogen-bond acceptors (Lipinski definition) is 4. The van der Waals surface area contributed by atoms with Crippen molar-refractivity contribution in [3.8, 4) is 11.8 Å². The molecule has 0 aliphatic heterocycles. The molecule has 1 rings (SSSR count). The first-order valence-corrected chi connectivity index (χ1v) is 4.90. The van der Waals surface area contributed by atoms with E-state index in [1.807, 2.05) is 19.9 Å². The van der Waals surface area contributed by atoms with Gasteiger partial charge in [0.1, 0.15) is 5.75 Å². The zero-order valence-corrected chi connectivity index (χ0v) is 9.18. The molecule has 0 aliphatic rings. The van der Waals surface area contributed by atoms with Crippen LogP contribution in [0, 0.1) is 11.3 Å². The molecule has 0 aliphatic carbocycles. The Morgan fingerprint density at radius 2 is 1.94 bits per heavy atom. The van der Waals surface area contributed by atoms with E-state index < -0.39 is 6.04 Å². The maximum atomic E-state index is 10.1. The first-order chi connectivity index (χ1) is 7.67. The Morgan fingerprint density at radius 1 is 1.31 bits per heavy atom. The van der Waals surface area contributed by atoms with Crippen LogP contribution in [0.4, 0.5) is 0 Å². The fourth-order valence-electron chi connectivity index (χ4n) is 1.23. The van der Waals surface area contributed by atoms with Crippen molar-refractivity contribution in [3.05, 3.63) is 29.8 Å². The third-order valence-electron chi connectivity index (χ3n) is 1.87. The second-order valence-electron chi connectivity index (χ2n) is 3.49. The Labute approximate surface area is 94.2 Å². The van der Waals surface area contributed by atoms with E-state index in [2.05, 4.69) is 4.99 Å². The summed E-state index contributed by atoms with van der Waals surface area (Å²) in [4.78, 5) is 13.5. The fraction of sp³-hybridized carbons (Fsp3) is 0.333. The quantitative estimate of drug-likeness (QED) is 0.573. The summed E-state index contributed by atoms with van der Waals surface area (Å²) >= 11 is 0. The van der Waals surface area contributed by atoms with Gasteiger partial charge >= 0.3 is 0 Å². The Morgan fingerprint density at radius 3 is 2.38 bits per heavy atom. The molecule has 82 valence electrons. The maximum Gasteiger partial charge on any atom is 0.236 e. The summed E-state index contributed by atoms with van der Waals surface area (Å²) in [5, 5.41) is 8.77. The fourth-order valence-corrected chi connectivity index (χ4v) is 1.23. The minimum absolute atomic E-state index is 0.102. The zero-order chi connectivity index (χ0) is 12.0. The van der Waals surface area contributed by atoms with Crippen LogP contribution < -0.4 is 4.74 Å². The highest BCUT2D eigenvalue weighted by Gasteiger charge is 2.08. The molecule has 0 spiro atoms. The largest absolute Gasteiger partial charge is 0.491 e. The van der Waals surface area contributed by atoms with Crippen LogP contribution in [0.5, 0.6) is 5.75 Å². The van der Waals surface area contributed by atoms with Crippen molar-refractivity contribution >= 4 is 6.08 Å². The number of benzene rings is 1. The monoisotopic (exact) mass is 216 g/mol. The van der Waals surface area contributed by atoms with Crippen molar-refractivity contribution in [1.29, 1.82) is 5.26 Å². The molecule has 4 heteroatoms. The third kappa shape index (κ3) is 3.23. The van der Waals surface area contributed by atoms with Gasteiger partial charge in [0.05, 0.1) is 12.2 Å². The van der Waals surface area contributed by atoms with Gasteiger partial charge in [-0.3, -0.25) is 0 Å². The van der Waals surface area contributed by atoms with E-state index in [9.17, 15) is 4.79 Å². The highest BCUT2D eigenvalue weighted by Crippen LogP contribution is 2.20. The van der Waals surface area contributed by atoms with Crippen LogP contribution in [0.25, 0.3) is 0 Å². The van der Waals surface area contributed by atoms with Crippen molar-refractivity contribution in [2.24, 2.45) is 4.99 Å². The highest BCUT2D eigenvalue weighted by molar-refractivity contribution is 5.39. The molecule has 1 aromatic carbocycles. The lowest BCUT2D eigenvalue weighted by molar-refractivity contribution is 0.242. The first kappa shape index (κ1) is 12.0. The van der Waals surface area contributed by atoms with Crippen LogP contribution in [0.3, 0.4) is 0 Å². The average Bonchev–Trinajstić information content (AvgIpc) is 2.26. The minimum Gasteiger partial charge on any atom is -0.491 e. The van der Waals surface area contributed by atoms with Crippen LogP contribution in [0.2, 0.25) is 0 Å². The molecular formula is C12H12N2O2. The number of carbonyl (C=O) groups excluding carboxylic acids is 1. The summed E-state index contributed by atoms with van der Waals surface area (Å²) in [7, 11) is 0. The SMILES string of the molecule is CC(C)Oc1ccc(C(C#N)N=C=O)cc1. The van der Waals surface area contributed by atoms with E-state index in [0.29, 0.717) is 5.56 Å². The summed E-state index contributed by atoms with van der Waals surface area (Å²) < 4.78 is 5.45. The van der Waals surface area contributed by atoms with Gasteiger partial charge < -0.3 is 4.74 Å². The van der Waals surface area contributed by atoms with E-state index in [0.717, 1.165) is 5.75 Å². The van der Waals surface area contributed by atoms with Gasteiger partial charge in [0.25, 0.3) is 0 Å². The second kappa shape index (κ2) is 5.69. The van der Waals surface area contributed by atoms with Crippen molar-refractivity contribution in [2.75, 3.05) is 0 Å². The van der Waals surface area contributed by atoms with Gasteiger partial charge in [0.15, 0.2) is 6.04 Å². The van der Waals surface area contributed by atoms with Gasteiger partial charge in [-0.05, 0) is 31.5 Å². The van der Waals surface area contributed by atoms with Crippen molar-refractivity contribution in [3.63, 3.8) is 0 Å². The predicted octanol–water partition coefficient (Wildman–Crippen LogP) is 2.37. The Hall–Kier alpha value is -2.11. The average molecular weight is 216 g/mol. The summed E-state index contributed by atoms with van der Waals surface area (Å²) in [6, 6.07) is 8.05. The molecule has 0 saturated carbocycles. The topological polar surface area (TPSA) is 62.4 Å². The number of hydrogen-bond donors (Lipinski definition) is 0. The minimum atomic E-state index is -0.786. The molecule has 0 aromatic heterocycles. The van der Waals surface area contributed by atoms with Crippen molar-refractivity contribution in [2.45, 2.75) is 26.0 Å². The molecule has 16 heavy (non-hydrogen) atoms. The van der Waals surface area contributed by atoms with Gasteiger partial charge in [-0.15, -0.1) is 0 Å². The molecule has 0 bridgehead atoms. The molecule has 0 saturated heterocycles. The zero-order valence-electron chi connectivity index (χ0n) is 9.18. The molecule has 0 N–H and O–H groups in total. The lowest BCUT2D eigenvalue weighted by Gasteiger charge is -2.10. The van der Waals surface area contributed by atoms with E-state index in [1.54, 1.807) is 24.3 Å². The standard InChI is InChI=1S/C12H12N2O2/c1-9(2)16-11-5-3-10(4-6-11)12(7-13)14-8-15/h3-6,9,12H,1-2H3. The smallest absolute Gasteiger partial charge is 0.236 e. The number of rotatable bonds is 4. The maximum absolute atomic E-state index is 10.1. The van der Waals surface area contributed by atoms with Crippen LogP contribution >= 0.6 is 0 Å². The van der Waals surface area contributed by atoms with Gasteiger partial charge in [-0.1, -0.05) is 12.1 Å². The Bertz CT molecular complexity index is 425. The van der Waals surface area contributed by atoms with Crippen LogP contribution in [0.1, 0.15) is 25.5 Å². The molecule has 0 radical (unpaired) electrons. The molecule has 1 unspecified atom stereocenters. The molecule has 0 heterocycles. The molecular weight excluding hydrogens is 204 g/mol. The lowest BCUT2D eigenvalue weighted by atomic mass is 10.1. The van der Waals surface area contributed by atoms with Crippen LogP contribution in [-0.2, 0) is 4.79 Å². The van der Waals surface area contributed by atoms with E-state index in [4.69, 9.17) is 10.00 Å². The number of ether oxygens (including phenoxy) is 1. The molecule has 0 fully saturated rings. The summed E-state index contributed by atoms with van der Waals surface area (Å²) in [5.74, 6) is 0.727. The predicted molar refractivity (Wildman–Crippen MR) is 58.7 cm³/mol. The van der Waals surface area contributed by atoms with Gasteiger partial charge in [-0.2, -0.15) is 10.3 Å². The molecule has 0 amide bonds. The number of nitriles is 1. The summed E-state index contributed by atoms with van der Waals surface area (Å²) in [6.07, 6.45) is 1.49. The molecule has 1 atom stereocenters. The van der Waals surface area contributed by atoms with Crippen LogP contribution in [-0.4, -0.2) is 12.2 Å². The second-order valence-corrected chi connectivity index (χ2v) is 3.49. The van der Waals surface area contributed by atoms with E-state index >= 15 is 0 Å². The molecule has 1 aromatic rings. The highest BCUT2D eigenvalue weighted by atomic mass is 16.5. The van der Waals surface area contributed by atoms with Crippen LogP contribution in [0.15, 0.2) is 29.3 Å². The van der Waals surface area contributed by atoms with Gasteiger partial charge in [-0.25, -0.2) is 4.79 Å². The number of aliphatic imine (C=N–C) groups is 1. The Balaban J connectivity index is 2.86. The Kier molecular flexibility index (Phi) is 4.26. The summed E-state index contributed by atoms with van der Waals surface area (Å²) in [5.41, 5.74) is 0.655. The molecule has 4 nitrogen and oxygen atoms in total.